The van der Waals surface area contributed by atoms with Crippen LogP contribution in [0.1, 0.15) is 44.4 Å². The Morgan fingerprint density at radius 1 is 0.964 bits per heavy atom. The lowest BCUT2D eigenvalue weighted by Crippen LogP contribution is -2.29. The summed E-state index contributed by atoms with van der Waals surface area (Å²) in [5.74, 6) is 0. The number of benzene rings is 2. The third-order valence-corrected chi connectivity index (χ3v) is 5.69. The fraction of sp³-hybridized carbons (Fsp3) is 0.269. The lowest BCUT2D eigenvalue weighted by atomic mass is 9.64. The molecule has 2 aliphatic rings. The molecule has 0 aliphatic heterocycles. The summed E-state index contributed by atoms with van der Waals surface area (Å²) in [5.41, 5.74) is 10.1. The second kappa shape index (κ2) is 7.27. The van der Waals surface area contributed by atoms with Crippen molar-refractivity contribution in [2.45, 2.75) is 33.1 Å². The molecule has 0 amide bonds. The van der Waals surface area contributed by atoms with Crippen molar-refractivity contribution in [3.63, 3.8) is 0 Å². The zero-order valence-electron chi connectivity index (χ0n) is 17.2. The molecular formula is C26H28N2. The van der Waals surface area contributed by atoms with Gasteiger partial charge < -0.3 is 5.32 Å². The first-order chi connectivity index (χ1) is 13.6. The van der Waals surface area contributed by atoms with Crippen LogP contribution in [0.5, 0.6) is 0 Å². The maximum Gasteiger partial charge on any atom is 0.0577 e. The first-order valence-corrected chi connectivity index (χ1v) is 10.2. The molecule has 0 radical (unpaired) electrons. The van der Waals surface area contributed by atoms with Gasteiger partial charge in [0.1, 0.15) is 0 Å². The Morgan fingerprint density at radius 3 is 2.46 bits per heavy atom. The molecule has 2 aliphatic carbocycles. The third kappa shape index (κ3) is 3.03. The summed E-state index contributed by atoms with van der Waals surface area (Å²) in [6.07, 6.45) is 6.69. The highest BCUT2D eigenvalue weighted by Gasteiger charge is 2.37. The van der Waals surface area contributed by atoms with Crippen LogP contribution in [0.3, 0.4) is 0 Å². The van der Waals surface area contributed by atoms with E-state index >= 15 is 0 Å². The Labute approximate surface area is 168 Å². The van der Waals surface area contributed by atoms with Crippen LogP contribution in [0.2, 0.25) is 0 Å². The van der Waals surface area contributed by atoms with Crippen molar-refractivity contribution in [3.8, 4) is 0 Å². The standard InChI is InChI=1S/C26H28N2/c1-5-27-19-12-14-21-23(16-19)26(3,4)24-17-20(28-6-2)13-15-22(24)25(21)18-10-8-7-9-11-18/h7-17,27H,5-6H2,1-4H3. The fourth-order valence-electron chi connectivity index (χ4n) is 4.35. The number of nitrogens with zero attached hydrogens (tertiary/aromatic N) is 1. The topological polar surface area (TPSA) is 24.4 Å². The molecule has 0 saturated carbocycles. The van der Waals surface area contributed by atoms with Crippen LogP contribution in [0.25, 0.3) is 5.57 Å². The summed E-state index contributed by atoms with van der Waals surface area (Å²) in [4.78, 5) is 4.66. The molecule has 2 nitrogen and oxygen atoms in total. The molecule has 0 atom stereocenters. The Kier molecular flexibility index (Phi) is 4.80. The average Bonchev–Trinajstić information content (AvgIpc) is 2.70. The molecule has 0 fully saturated rings. The van der Waals surface area contributed by atoms with Gasteiger partial charge in [-0.2, -0.15) is 0 Å². The minimum atomic E-state index is -0.0896. The van der Waals surface area contributed by atoms with E-state index in [9.17, 15) is 0 Å². The van der Waals surface area contributed by atoms with Gasteiger partial charge in [0.25, 0.3) is 0 Å². The highest BCUT2D eigenvalue weighted by Crippen LogP contribution is 2.50. The first kappa shape index (κ1) is 18.5. The van der Waals surface area contributed by atoms with Gasteiger partial charge in [0.15, 0.2) is 0 Å². The molecule has 0 heterocycles. The molecule has 0 saturated heterocycles. The monoisotopic (exact) mass is 368 g/mol. The second-order valence-corrected chi connectivity index (χ2v) is 7.86. The van der Waals surface area contributed by atoms with Gasteiger partial charge in [-0.1, -0.05) is 56.3 Å². The van der Waals surface area contributed by atoms with E-state index in [0.717, 1.165) is 18.8 Å². The van der Waals surface area contributed by atoms with E-state index in [2.05, 4.69) is 105 Å². The maximum atomic E-state index is 4.66. The molecular weight excluding hydrogens is 340 g/mol. The Hall–Kier alpha value is -2.87. The van der Waals surface area contributed by atoms with Crippen molar-refractivity contribution in [2.24, 2.45) is 4.99 Å². The van der Waals surface area contributed by atoms with Crippen molar-refractivity contribution in [1.29, 1.82) is 0 Å². The fourth-order valence-corrected chi connectivity index (χ4v) is 4.35. The summed E-state index contributed by atoms with van der Waals surface area (Å²) >= 11 is 0. The van der Waals surface area contributed by atoms with Gasteiger partial charge in [-0.25, -0.2) is 0 Å². The summed E-state index contributed by atoms with van der Waals surface area (Å²) in [6.45, 7) is 10.6. The van der Waals surface area contributed by atoms with Crippen LogP contribution < -0.4 is 5.32 Å². The zero-order valence-corrected chi connectivity index (χ0v) is 17.2. The number of allylic oxidation sites excluding steroid dienone is 5. The first-order valence-electron chi connectivity index (χ1n) is 10.2. The predicted octanol–water partition coefficient (Wildman–Crippen LogP) is 6.17. The van der Waals surface area contributed by atoms with E-state index in [1.54, 1.807) is 0 Å². The number of rotatable bonds is 4. The maximum absolute atomic E-state index is 4.66. The van der Waals surface area contributed by atoms with Crippen molar-refractivity contribution < 1.29 is 0 Å². The van der Waals surface area contributed by atoms with Crippen LogP contribution >= 0.6 is 0 Å². The number of aliphatic imine (C=N–C) groups is 1. The van der Waals surface area contributed by atoms with Crippen LogP contribution in [0, 0.1) is 0 Å². The average molecular weight is 369 g/mol. The number of nitrogens with one attached hydrogen (secondary N) is 1. The largest absolute Gasteiger partial charge is 0.385 e. The minimum absolute atomic E-state index is 0.0896. The molecule has 142 valence electrons. The molecule has 2 aromatic carbocycles. The van der Waals surface area contributed by atoms with E-state index in [-0.39, 0.29) is 5.41 Å². The van der Waals surface area contributed by atoms with Crippen molar-refractivity contribution in [3.05, 3.63) is 94.6 Å². The molecule has 0 aromatic heterocycles. The molecule has 2 heteroatoms. The summed E-state index contributed by atoms with van der Waals surface area (Å²) in [7, 11) is 0. The number of hydrogen-bond acceptors (Lipinski definition) is 2. The lowest BCUT2D eigenvalue weighted by molar-refractivity contribution is 0.626. The lowest BCUT2D eigenvalue weighted by Gasteiger charge is -2.39. The Balaban J connectivity index is 2.02. The summed E-state index contributed by atoms with van der Waals surface area (Å²) < 4.78 is 0. The van der Waals surface area contributed by atoms with Crippen molar-refractivity contribution in [2.75, 3.05) is 18.4 Å². The van der Waals surface area contributed by atoms with Gasteiger partial charge in [-0.05, 0) is 71.5 Å². The normalized spacial score (nSPS) is 18.6. The van der Waals surface area contributed by atoms with E-state index in [1.165, 1.54) is 39.1 Å². The van der Waals surface area contributed by atoms with Gasteiger partial charge in [-0.3, -0.25) is 4.99 Å². The van der Waals surface area contributed by atoms with Gasteiger partial charge in [0.05, 0.1) is 5.71 Å². The quantitative estimate of drug-likeness (QED) is 0.686. The van der Waals surface area contributed by atoms with Gasteiger partial charge in [-0.15, -0.1) is 0 Å². The Bertz CT molecular complexity index is 1020. The van der Waals surface area contributed by atoms with Crippen molar-refractivity contribution in [1.82, 2.24) is 0 Å². The molecule has 0 spiro atoms. The van der Waals surface area contributed by atoms with Gasteiger partial charge in [0, 0.05) is 24.2 Å². The highest BCUT2D eigenvalue weighted by molar-refractivity contribution is 6.09. The molecule has 1 N–H and O–H groups in total. The van der Waals surface area contributed by atoms with Crippen molar-refractivity contribution >= 4 is 17.0 Å². The van der Waals surface area contributed by atoms with Crippen LogP contribution in [0.15, 0.2) is 82.9 Å². The van der Waals surface area contributed by atoms with Crippen LogP contribution in [-0.4, -0.2) is 18.8 Å². The van der Waals surface area contributed by atoms with Gasteiger partial charge in [0.2, 0.25) is 0 Å². The Morgan fingerprint density at radius 2 is 1.75 bits per heavy atom. The third-order valence-electron chi connectivity index (χ3n) is 5.69. The van der Waals surface area contributed by atoms with E-state index in [1.807, 2.05) is 0 Å². The molecule has 0 bridgehead atoms. The van der Waals surface area contributed by atoms with E-state index in [0.29, 0.717) is 0 Å². The SMILES string of the molecule is CCN=C1C=CC2=C(c3ccccc3)c3ccc(NCC)cc3C(C)(C)C2=C1. The van der Waals surface area contributed by atoms with Crippen LogP contribution in [-0.2, 0) is 5.41 Å². The zero-order chi connectivity index (χ0) is 19.7. The van der Waals surface area contributed by atoms with Gasteiger partial charge >= 0.3 is 0 Å². The smallest absolute Gasteiger partial charge is 0.0577 e. The predicted molar refractivity (Wildman–Crippen MR) is 121 cm³/mol. The summed E-state index contributed by atoms with van der Waals surface area (Å²) in [6, 6.07) is 17.6. The number of anilines is 1. The summed E-state index contributed by atoms with van der Waals surface area (Å²) in [5, 5.41) is 3.48. The van der Waals surface area contributed by atoms with E-state index in [4.69, 9.17) is 0 Å². The molecule has 28 heavy (non-hydrogen) atoms. The molecule has 0 unspecified atom stereocenters. The molecule has 2 aromatic rings. The van der Waals surface area contributed by atoms with Crippen LogP contribution in [0.4, 0.5) is 5.69 Å². The highest BCUT2D eigenvalue weighted by atomic mass is 14.8. The minimum Gasteiger partial charge on any atom is -0.385 e. The van der Waals surface area contributed by atoms with E-state index < -0.39 is 0 Å². The number of fused-ring (bicyclic) bond motifs is 2. The second-order valence-electron chi connectivity index (χ2n) is 7.86. The number of hydrogen-bond donors (Lipinski definition) is 1. The molecule has 4 rings (SSSR count).